The molecule has 0 radical (unpaired) electrons. The van der Waals surface area contributed by atoms with Crippen molar-refractivity contribution in [3.05, 3.63) is 0 Å². The second kappa shape index (κ2) is 5.96. The molecule has 0 saturated carbocycles. The Balaban J connectivity index is 4.14. The van der Waals surface area contributed by atoms with E-state index in [1.165, 1.54) is 0 Å². The van der Waals surface area contributed by atoms with Gasteiger partial charge in [-0.25, -0.2) is 0 Å². The molecule has 13 heavy (non-hydrogen) atoms. The molecule has 0 aromatic heterocycles. The number of halogens is 1. The van der Waals surface area contributed by atoms with E-state index in [4.69, 9.17) is 5.73 Å². The summed E-state index contributed by atoms with van der Waals surface area (Å²) in [4.78, 5) is 23.2. The maximum absolute atomic E-state index is 11.5. The number of carbonyl (C=O) groups excluding carboxylic acids is 2. The second-order valence-corrected chi connectivity index (χ2v) is 3.75. The molecule has 1 unspecified atom stereocenters. The van der Waals surface area contributed by atoms with E-state index < -0.39 is 10.7 Å². The van der Waals surface area contributed by atoms with Crippen LogP contribution in [0.15, 0.2) is 0 Å². The van der Waals surface area contributed by atoms with Crippen molar-refractivity contribution in [1.82, 2.24) is 4.90 Å². The van der Waals surface area contributed by atoms with Crippen molar-refractivity contribution in [3.63, 3.8) is 0 Å². The molecular weight excluding hydrogens is 236 g/mol. The molecule has 1 atom stereocenters. The maximum Gasteiger partial charge on any atom is 0.236 e. The molecule has 0 saturated heterocycles. The van der Waals surface area contributed by atoms with Gasteiger partial charge in [0, 0.05) is 19.5 Å². The first-order valence-corrected chi connectivity index (χ1v) is 5.15. The number of rotatable bonds is 5. The predicted molar refractivity (Wildman–Crippen MR) is 54.5 cm³/mol. The van der Waals surface area contributed by atoms with E-state index in [2.05, 4.69) is 15.9 Å². The average molecular weight is 251 g/mol. The molecule has 0 aliphatic rings. The van der Waals surface area contributed by atoms with Gasteiger partial charge in [0.25, 0.3) is 0 Å². The van der Waals surface area contributed by atoms with Crippen LogP contribution in [0.5, 0.6) is 0 Å². The smallest absolute Gasteiger partial charge is 0.236 e. The molecule has 0 aromatic rings. The Labute approximate surface area is 86.6 Å². The largest absolute Gasteiger partial charge is 0.370 e. The van der Waals surface area contributed by atoms with Crippen LogP contribution in [0.4, 0.5) is 0 Å². The minimum atomic E-state index is -0.482. The Hall–Kier alpha value is -0.580. The number of hydrogen-bond donors (Lipinski definition) is 1. The predicted octanol–water partition coefficient (Wildman–Crippen LogP) is 0.494. The number of amides is 2. The van der Waals surface area contributed by atoms with Crippen LogP contribution in [0, 0.1) is 0 Å². The Bertz CT molecular complexity index is 193. The summed E-state index contributed by atoms with van der Waals surface area (Å²) < 4.78 is 0. The highest BCUT2D eigenvalue weighted by Crippen LogP contribution is 2.08. The quantitative estimate of drug-likeness (QED) is 0.723. The van der Waals surface area contributed by atoms with Gasteiger partial charge in [-0.1, -0.05) is 15.9 Å². The van der Waals surface area contributed by atoms with E-state index in [1.54, 1.807) is 4.90 Å². The number of nitrogens with zero attached hydrogens (tertiary/aromatic N) is 1. The number of nitrogens with two attached hydrogens (primary N) is 1. The summed E-state index contributed by atoms with van der Waals surface area (Å²) in [6.45, 7) is 5.09. The molecule has 0 aliphatic carbocycles. The van der Waals surface area contributed by atoms with Crippen LogP contribution in [0.25, 0.3) is 0 Å². The van der Waals surface area contributed by atoms with Crippen molar-refractivity contribution >= 4 is 27.7 Å². The first-order valence-electron chi connectivity index (χ1n) is 4.24. The van der Waals surface area contributed by atoms with Crippen LogP contribution in [0.1, 0.15) is 20.3 Å². The fraction of sp³-hybridized carbons (Fsp3) is 0.750. The Kier molecular flexibility index (Phi) is 5.70. The zero-order valence-electron chi connectivity index (χ0n) is 7.92. The number of alkyl halides is 1. The van der Waals surface area contributed by atoms with Gasteiger partial charge in [0.05, 0.1) is 0 Å². The highest BCUT2D eigenvalue weighted by atomic mass is 79.9. The van der Waals surface area contributed by atoms with Crippen LogP contribution in [-0.4, -0.2) is 34.6 Å². The summed E-state index contributed by atoms with van der Waals surface area (Å²) in [7, 11) is 0. The molecule has 0 bridgehead atoms. The third-order valence-corrected chi connectivity index (χ3v) is 2.44. The summed E-state index contributed by atoms with van der Waals surface area (Å²) >= 11 is 3.13. The highest BCUT2D eigenvalue weighted by Gasteiger charge is 2.21. The van der Waals surface area contributed by atoms with Crippen molar-refractivity contribution in [2.24, 2.45) is 5.73 Å². The second-order valence-electron chi connectivity index (χ2n) is 2.65. The summed E-state index contributed by atoms with van der Waals surface area (Å²) in [5, 5.41) is 0. The van der Waals surface area contributed by atoms with Crippen LogP contribution in [0.3, 0.4) is 0 Å². The third kappa shape index (κ3) is 4.26. The Morgan fingerprint density at radius 1 is 1.38 bits per heavy atom. The van der Waals surface area contributed by atoms with Gasteiger partial charge >= 0.3 is 0 Å². The van der Waals surface area contributed by atoms with E-state index in [0.717, 1.165) is 0 Å². The fourth-order valence-electron chi connectivity index (χ4n) is 0.997. The monoisotopic (exact) mass is 250 g/mol. The minimum Gasteiger partial charge on any atom is -0.370 e. The zero-order valence-corrected chi connectivity index (χ0v) is 9.50. The molecule has 2 amide bonds. The first kappa shape index (κ1) is 12.4. The average Bonchev–Trinajstić information content (AvgIpc) is 2.05. The SMILES string of the molecule is CCN(CC)C(=O)C(Br)CC(N)=O. The topological polar surface area (TPSA) is 63.4 Å². The van der Waals surface area contributed by atoms with Crippen molar-refractivity contribution < 1.29 is 9.59 Å². The molecule has 0 aliphatic heterocycles. The van der Waals surface area contributed by atoms with Gasteiger partial charge in [0.15, 0.2) is 0 Å². The van der Waals surface area contributed by atoms with E-state index in [1.807, 2.05) is 13.8 Å². The van der Waals surface area contributed by atoms with Crippen molar-refractivity contribution in [1.29, 1.82) is 0 Å². The number of hydrogen-bond acceptors (Lipinski definition) is 2. The standard InChI is InChI=1S/C8H15BrN2O2/c1-3-11(4-2)8(13)6(9)5-7(10)12/h6H,3-5H2,1-2H3,(H2,10,12). The van der Waals surface area contributed by atoms with Crippen molar-refractivity contribution in [2.75, 3.05) is 13.1 Å². The lowest BCUT2D eigenvalue weighted by atomic mass is 10.2. The zero-order chi connectivity index (χ0) is 10.4. The van der Waals surface area contributed by atoms with Gasteiger partial charge in [-0.2, -0.15) is 0 Å². The van der Waals surface area contributed by atoms with Gasteiger partial charge in [0.1, 0.15) is 4.83 Å². The lowest BCUT2D eigenvalue weighted by molar-refractivity contribution is -0.132. The molecule has 4 nitrogen and oxygen atoms in total. The van der Waals surface area contributed by atoms with E-state index in [9.17, 15) is 9.59 Å². The molecule has 2 N–H and O–H groups in total. The molecule has 5 heteroatoms. The molecule has 0 rings (SSSR count). The molecule has 0 aromatic carbocycles. The normalized spacial score (nSPS) is 12.2. The van der Waals surface area contributed by atoms with Gasteiger partial charge in [-0.05, 0) is 13.8 Å². The van der Waals surface area contributed by atoms with E-state index in [-0.39, 0.29) is 12.3 Å². The minimum absolute atomic E-state index is 0.0509. The first-order chi connectivity index (χ1) is 6.02. The van der Waals surface area contributed by atoms with E-state index >= 15 is 0 Å². The molecule has 0 heterocycles. The van der Waals surface area contributed by atoms with Gasteiger partial charge in [0.2, 0.25) is 11.8 Å². The van der Waals surface area contributed by atoms with Crippen LogP contribution in [-0.2, 0) is 9.59 Å². The lowest BCUT2D eigenvalue weighted by Gasteiger charge is -2.21. The van der Waals surface area contributed by atoms with Gasteiger partial charge in [-0.3, -0.25) is 9.59 Å². The molecular formula is C8H15BrN2O2. The van der Waals surface area contributed by atoms with E-state index in [0.29, 0.717) is 13.1 Å². The van der Waals surface area contributed by atoms with Crippen LogP contribution in [0.2, 0.25) is 0 Å². The van der Waals surface area contributed by atoms with Crippen molar-refractivity contribution in [2.45, 2.75) is 25.1 Å². The fourth-order valence-corrected chi connectivity index (χ4v) is 1.61. The number of carbonyl (C=O) groups is 2. The summed E-state index contributed by atoms with van der Waals surface area (Å²) in [5.41, 5.74) is 4.97. The Morgan fingerprint density at radius 2 is 1.85 bits per heavy atom. The van der Waals surface area contributed by atoms with Gasteiger partial charge in [-0.15, -0.1) is 0 Å². The lowest BCUT2D eigenvalue weighted by Crippen LogP contribution is -2.37. The van der Waals surface area contributed by atoms with Crippen LogP contribution >= 0.6 is 15.9 Å². The van der Waals surface area contributed by atoms with Gasteiger partial charge < -0.3 is 10.6 Å². The van der Waals surface area contributed by atoms with Crippen LogP contribution < -0.4 is 5.73 Å². The molecule has 0 spiro atoms. The molecule has 76 valence electrons. The summed E-state index contributed by atoms with van der Waals surface area (Å²) in [5.74, 6) is -0.550. The Morgan fingerprint density at radius 3 is 2.15 bits per heavy atom. The summed E-state index contributed by atoms with van der Waals surface area (Å²) in [6, 6.07) is 0. The highest BCUT2D eigenvalue weighted by molar-refractivity contribution is 9.10. The van der Waals surface area contributed by atoms with Crippen molar-refractivity contribution in [3.8, 4) is 0 Å². The summed E-state index contributed by atoms with van der Waals surface area (Å²) in [6.07, 6.45) is 0.0509. The maximum atomic E-state index is 11.5. The number of primary amides is 1. The third-order valence-electron chi connectivity index (χ3n) is 1.72. The molecule has 0 fully saturated rings.